The van der Waals surface area contributed by atoms with E-state index in [1.165, 1.54) is 5.01 Å². The van der Waals surface area contributed by atoms with Crippen molar-refractivity contribution >= 4 is 34.1 Å². The van der Waals surface area contributed by atoms with Gasteiger partial charge in [0.2, 0.25) is 11.8 Å². The van der Waals surface area contributed by atoms with Crippen molar-refractivity contribution in [3.63, 3.8) is 0 Å². The summed E-state index contributed by atoms with van der Waals surface area (Å²) in [6.45, 7) is -0.163. The standard InChI is InChI=1S/C24H20N6O2/c31-23(15-30-24(32)9-8-21(29-30)16-4-2-1-3-5-16)28-22-11-19-10-17(20-13-26-27-14-20)6-7-18(19)12-25-22/h1-7,10-14H,8-9,15H2,(H,26,27)(H,25,28,31). The summed E-state index contributed by atoms with van der Waals surface area (Å²) < 4.78 is 0. The summed E-state index contributed by atoms with van der Waals surface area (Å²) in [5.41, 5.74) is 3.74. The van der Waals surface area contributed by atoms with Gasteiger partial charge in [-0.3, -0.25) is 14.7 Å². The first-order valence-electron chi connectivity index (χ1n) is 10.3. The SMILES string of the molecule is O=C(CN1N=C(c2ccccc2)CCC1=O)Nc1cc2cc(-c3cn[nH]c3)ccc2cn1. The van der Waals surface area contributed by atoms with Crippen molar-refractivity contribution in [2.75, 3.05) is 11.9 Å². The molecule has 0 fully saturated rings. The lowest BCUT2D eigenvalue weighted by molar-refractivity contribution is -0.135. The Kier molecular flexibility index (Phi) is 5.17. The number of nitrogens with one attached hydrogen (secondary N) is 2. The molecular weight excluding hydrogens is 404 g/mol. The Bertz CT molecular complexity index is 1320. The van der Waals surface area contributed by atoms with E-state index in [1.807, 2.05) is 60.8 Å². The van der Waals surface area contributed by atoms with Crippen LogP contribution in [0.5, 0.6) is 0 Å². The number of fused-ring (bicyclic) bond motifs is 1. The van der Waals surface area contributed by atoms with Crippen LogP contribution < -0.4 is 5.32 Å². The van der Waals surface area contributed by atoms with Gasteiger partial charge in [-0.15, -0.1) is 0 Å². The number of hydrogen-bond acceptors (Lipinski definition) is 5. The van der Waals surface area contributed by atoms with Crippen molar-refractivity contribution in [3.05, 3.63) is 78.8 Å². The molecule has 2 N–H and O–H groups in total. The zero-order valence-corrected chi connectivity index (χ0v) is 17.2. The highest BCUT2D eigenvalue weighted by atomic mass is 16.2. The van der Waals surface area contributed by atoms with Gasteiger partial charge < -0.3 is 5.32 Å². The molecule has 0 unspecified atom stereocenters. The second-order valence-electron chi connectivity index (χ2n) is 7.53. The van der Waals surface area contributed by atoms with Crippen LogP contribution >= 0.6 is 0 Å². The molecule has 0 bridgehead atoms. The number of carbonyl (C=O) groups excluding carboxylic acids is 2. The van der Waals surface area contributed by atoms with E-state index < -0.39 is 0 Å². The van der Waals surface area contributed by atoms with E-state index in [-0.39, 0.29) is 18.4 Å². The summed E-state index contributed by atoms with van der Waals surface area (Å²) in [6.07, 6.45) is 6.18. The highest BCUT2D eigenvalue weighted by molar-refractivity contribution is 6.05. The predicted molar refractivity (Wildman–Crippen MR) is 122 cm³/mol. The van der Waals surface area contributed by atoms with Crippen LogP contribution in [-0.4, -0.2) is 44.3 Å². The number of rotatable bonds is 5. The van der Waals surface area contributed by atoms with E-state index in [2.05, 4.69) is 25.6 Å². The Hall–Kier alpha value is -4.33. The van der Waals surface area contributed by atoms with E-state index >= 15 is 0 Å². The molecule has 158 valence electrons. The molecule has 2 amide bonds. The first-order valence-corrected chi connectivity index (χ1v) is 10.3. The van der Waals surface area contributed by atoms with Crippen LogP contribution in [0.4, 0.5) is 5.82 Å². The van der Waals surface area contributed by atoms with Crippen LogP contribution in [0, 0.1) is 0 Å². The monoisotopic (exact) mass is 424 g/mol. The average Bonchev–Trinajstić information content (AvgIpc) is 3.36. The fourth-order valence-electron chi connectivity index (χ4n) is 3.68. The Labute approximate surface area is 184 Å². The van der Waals surface area contributed by atoms with Crippen LogP contribution in [0.1, 0.15) is 18.4 Å². The maximum absolute atomic E-state index is 12.6. The molecule has 0 atom stereocenters. The molecular formula is C24H20N6O2. The second kappa shape index (κ2) is 8.43. The first-order chi connectivity index (χ1) is 15.7. The smallest absolute Gasteiger partial charge is 0.247 e. The highest BCUT2D eigenvalue weighted by Gasteiger charge is 2.23. The molecule has 0 saturated heterocycles. The van der Waals surface area contributed by atoms with Crippen molar-refractivity contribution in [2.24, 2.45) is 5.10 Å². The van der Waals surface area contributed by atoms with Crippen LogP contribution in [-0.2, 0) is 9.59 Å². The summed E-state index contributed by atoms with van der Waals surface area (Å²) in [6, 6.07) is 17.5. The number of hydrogen-bond donors (Lipinski definition) is 2. The molecule has 4 aromatic rings. The van der Waals surface area contributed by atoms with Gasteiger partial charge in [-0.1, -0.05) is 42.5 Å². The maximum Gasteiger partial charge on any atom is 0.247 e. The van der Waals surface area contributed by atoms with Gasteiger partial charge in [0.25, 0.3) is 0 Å². The Morgan fingerprint density at radius 2 is 1.84 bits per heavy atom. The number of benzene rings is 2. The van der Waals surface area contributed by atoms with Gasteiger partial charge in [-0.05, 0) is 28.6 Å². The molecule has 0 aliphatic carbocycles. The van der Waals surface area contributed by atoms with E-state index in [1.54, 1.807) is 12.4 Å². The lowest BCUT2D eigenvalue weighted by atomic mass is 10.0. The number of pyridine rings is 1. The third kappa shape index (κ3) is 4.11. The molecule has 1 aliphatic heterocycles. The minimum absolute atomic E-state index is 0.163. The van der Waals surface area contributed by atoms with Gasteiger partial charge >= 0.3 is 0 Å². The zero-order chi connectivity index (χ0) is 21.9. The number of nitrogens with zero attached hydrogens (tertiary/aromatic N) is 4. The third-order valence-corrected chi connectivity index (χ3v) is 5.33. The summed E-state index contributed by atoms with van der Waals surface area (Å²) in [4.78, 5) is 29.3. The predicted octanol–water partition coefficient (Wildman–Crippen LogP) is 3.59. The number of hydrazone groups is 1. The van der Waals surface area contributed by atoms with Crippen LogP contribution in [0.3, 0.4) is 0 Å². The van der Waals surface area contributed by atoms with Gasteiger partial charge in [0.15, 0.2) is 0 Å². The molecule has 3 heterocycles. The topological polar surface area (TPSA) is 103 Å². The van der Waals surface area contributed by atoms with E-state index in [0.717, 1.165) is 33.2 Å². The normalized spacial score (nSPS) is 13.8. The third-order valence-electron chi connectivity index (χ3n) is 5.33. The van der Waals surface area contributed by atoms with Gasteiger partial charge in [-0.2, -0.15) is 10.2 Å². The van der Waals surface area contributed by atoms with Crippen molar-refractivity contribution in [2.45, 2.75) is 12.8 Å². The summed E-state index contributed by atoms with van der Waals surface area (Å²) in [5.74, 6) is -0.103. The number of aromatic nitrogens is 3. The molecule has 0 radical (unpaired) electrons. The summed E-state index contributed by atoms with van der Waals surface area (Å²) in [5, 5.41) is 17.1. The summed E-state index contributed by atoms with van der Waals surface area (Å²) >= 11 is 0. The molecule has 8 heteroatoms. The number of amides is 2. The van der Waals surface area contributed by atoms with E-state index in [0.29, 0.717) is 18.7 Å². The van der Waals surface area contributed by atoms with Crippen LogP contribution in [0.15, 0.2) is 78.3 Å². The quantitative estimate of drug-likeness (QED) is 0.511. The Morgan fingerprint density at radius 1 is 0.969 bits per heavy atom. The molecule has 5 rings (SSSR count). The van der Waals surface area contributed by atoms with Crippen molar-refractivity contribution in [3.8, 4) is 11.1 Å². The lowest BCUT2D eigenvalue weighted by Gasteiger charge is -2.23. The van der Waals surface area contributed by atoms with Crippen molar-refractivity contribution in [1.29, 1.82) is 0 Å². The van der Waals surface area contributed by atoms with Gasteiger partial charge in [-0.25, -0.2) is 9.99 Å². The Balaban J connectivity index is 1.32. The summed E-state index contributed by atoms with van der Waals surface area (Å²) in [7, 11) is 0. The molecule has 8 nitrogen and oxygen atoms in total. The first kappa shape index (κ1) is 19.6. The maximum atomic E-state index is 12.6. The van der Waals surface area contributed by atoms with Crippen LogP contribution in [0.25, 0.3) is 21.9 Å². The second-order valence-corrected chi connectivity index (χ2v) is 7.53. The Morgan fingerprint density at radius 3 is 2.66 bits per heavy atom. The molecule has 0 saturated carbocycles. The van der Waals surface area contributed by atoms with Crippen molar-refractivity contribution < 1.29 is 9.59 Å². The number of carbonyl (C=O) groups is 2. The largest absolute Gasteiger partial charge is 0.309 e. The molecule has 32 heavy (non-hydrogen) atoms. The van der Waals surface area contributed by atoms with E-state index in [9.17, 15) is 9.59 Å². The van der Waals surface area contributed by atoms with E-state index in [4.69, 9.17) is 0 Å². The minimum Gasteiger partial charge on any atom is -0.309 e. The van der Waals surface area contributed by atoms with Crippen molar-refractivity contribution in [1.82, 2.24) is 20.2 Å². The number of anilines is 1. The molecule has 1 aliphatic rings. The van der Waals surface area contributed by atoms with Gasteiger partial charge in [0.1, 0.15) is 12.4 Å². The fourth-order valence-corrected chi connectivity index (χ4v) is 3.68. The number of H-pyrrole nitrogens is 1. The average molecular weight is 424 g/mol. The van der Waals surface area contributed by atoms with Crippen LogP contribution in [0.2, 0.25) is 0 Å². The molecule has 2 aromatic heterocycles. The number of aromatic amines is 1. The molecule has 0 spiro atoms. The lowest BCUT2D eigenvalue weighted by Crippen LogP contribution is -2.38. The molecule has 2 aromatic carbocycles. The highest BCUT2D eigenvalue weighted by Crippen LogP contribution is 2.25. The fraction of sp³-hybridized carbons (Fsp3) is 0.125. The minimum atomic E-state index is -0.353. The zero-order valence-electron chi connectivity index (χ0n) is 17.2. The van der Waals surface area contributed by atoms with Gasteiger partial charge in [0, 0.05) is 36.2 Å². The van der Waals surface area contributed by atoms with Gasteiger partial charge in [0.05, 0.1) is 11.9 Å².